The Balaban J connectivity index is 1.88. The monoisotopic (exact) mass is 211 g/mol. The number of rotatable bonds is 3. The summed E-state index contributed by atoms with van der Waals surface area (Å²) in [6, 6.07) is 0. The predicted molar refractivity (Wildman–Crippen MR) is 59.2 cm³/mol. The van der Waals surface area contributed by atoms with Crippen molar-refractivity contribution in [1.82, 2.24) is 15.3 Å². The van der Waals surface area contributed by atoms with Crippen LogP contribution in [0.1, 0.15) is 26.2 Å². The molecule has 0 bridgehead atoms. The summed E-state index contributed by atoms with van der Waals surface area (Å²) < 4.78 is 0. The van der Waals surface area contributed by atoms with Gasteiger partial charge in [0.05, 0.1) is 0 Å². The Morgan fingerprint density at radius 2 is 2.40 bits per heavy atom. The number of nitrogens with zero attached hydrogens (tertiary/aromatic N) is 2. The molecule has 2 aliphatic heterocycles. The van der Waals surface area contributed by atoms with E-state index in [2.05, 4.69) is 17.2 Å². The largest absolute Gasteiger partial charge is 0.316 e. The molecule has 1 N–H and O–H groups in total. The first-order chi connectivity index (χ1) is 7.31. The second-order valence-electron chi connectivity index (χ2n) is 4.48. The summed E-state index contributed by atoms with van der Waals surface area (Å²) in [6.07, 6.45) is 3.21. The second kappa shape index (κ2) is 4.94. The Bertz CT molecular complexity index is 226. The Kier molecular flexibility index (Phi) is 3.59. The van der Waals surface area contributed by atoms with Crippen LogP contribution in [-0.2, 0) is 4.79 Å². The third kappa shape index (κ3) is 2.49. The van der Waals surface area contributed by atoms with Crippen LogP contribution in [0.25, 0.3) is 0 Å². The summed E-state index contributed by atoms with van der Waals surface area (Å²) in [6.45, 7) is 7.11. The van der Waals surface area contributed by atoms with Crippen LogP contribution >= 0.6 is 0 Å². The molecule has 0 aromatic carbocycles. The van der Waals surface area contributed by atoms with E-state index in [1.807, 2.05) is 5.01 Å². The lowest BCUT2D eigenvalue weighted by Gasteiger charge is -2.32. The minimum absolute atomic E-state index is 0.308. The summed E-state index contributed by atoms with van der Waals surface area (Å²) in [5.41, 5.74) is 0. The molecule has 2 saturated heterocycles. The minimum atomic E-state index is 0.308. The van der Waals surface area contributed by atoms with Gasteiger partial charge in [-0.2, -0.15) is 0 Å². The lowest BCUT2D eigenvalue weighted by molar-refractivity contribution is -0.139. The molecule has 1 amide bonds. The third-order valence-corrected chi connectivity index (χ3v) is 3.41. The predicted octanol–water partition coefficient (Wildman–Crippen LogP) is 0.455. The van der Waals surface area contributed by atoms with Crippen molar-refractivity contribution >= 4 is 5.91 Å². The molecule has 0 aliphatic carbocycles. The summed E-state index contributed by atoms with van der Waals surface area (Å²) in [5.74, 6) is 0.956. The molecule has 0 radical (unpaired) electrons. The smallest absolute Gasteiger partial charge is 0.238 e. The van der Waals surface area contributed by atoms with Crippen LogP contribution in [-0.4, -0.2) is 48.6 Å². The molecule has 2 fully saturated rings. The van der Waals surface area contributed by atoms with Gasteiger partial charge in [0.25, 0.3) is 0 Å². The summed E-state index contributed by atoms with van der Waals surface area (Å²) in [7, 11) is 0. The summed E-state index contributed by atoms with van der Waals surface area (Å²) in [5, 5.41) is 7.55. The quantitative estimate of drug-likeness (QED) is 0.736. The number of carbonyl (C=O) groups excluding carboxylic acids is 1. The molecule has 0 saturated carbocycles. The SMILES string of the molecule is CCN1CCC(=O)N1CC1CCCNC1. The molecule has 15 heavy (non-hydrogen) atoms. The Morgan fingerprint density at radius 1 is 1.53 bits per heavy atom. The molecule has 0 aromatic rings. The molecule has 2 rings (SSSR count). The number of hydrogen-bond acceptors (Lipinski definition) is 3. The fraction of sp³-hybridized carbons (Fsp3) is 0.909. The van der Waals surface area contributed by atoms with Crippen molar-refractivity contribution in [3.63, 3.8) is 0 Å². The number of nitrogens with one attached hydrogen (secondary N) is 1. The first-order valence-corrected chi connectivity index (χ1v) is 6.07. The van der Waals surface area contributed by atoms with Gasteiger partial charge >= 0.3 is 0 Å². The van der Waals surface area contributed by atoms with Gasteiger partial charge in [0, 0.05) is 26.1 Å². The topological polar surface area (TPSA) is 35.6 Å². The Morgan fingerprint density at radius 3 is 3.07 bits per heavy atom. The number of amides is 1. The summed E-state index contributed by atoms with van der Waals surface area (Å²) in [4.78, 5) is 11.7. The normalized spacial score (nSPS) is 28.7. The van der Waals surface area contributed by atoms with Gasteiger partial charge in [-0.05, 0) is 31.8 Å². The van der Waals surface area contributed by atoms with E-state index >= 15 is 0 Å². The summed E-state index contributed by atoms with van der Waals surface area (Å²) >= 11 is 0. The van der Waals surface area contributed by atoms with Crippen LogP contribution in [0.3, 0.4) is 0 Å². The van der Waals surface area contributed by atoms with E-state index in [0.717, 1.165) is 32.7 Å². The molecule has 4 heteroatoms. The number of hydrazine groups is 1. The maximum Gasteiger partial charge on any atom is 0.238 e. The first-order valence-electron chi connectivity index (χ1n) is 6.07. The molecule has 2 heterocycles. The zero-order valence-electron chi connectivity index (χ0n) is 9.54. The highest BCUT2D eigenvalue weighted by molar-refractivity contribution is 5.77. The number of hydrogen-bond donors (Lipinski definition) is 1. The van der Waals surface area contributed by atoms with Crippen LogP contribution in [0.15, 0.2) is 0 Å². The van der Waals surface area contributed by atoms with E-state index in [1.165, 1.54) is 12.8 Å². The van der Waals surface area contributed by atoms with Crippen molar-refractivity contribution in [2.75, 3.05) is 32.7 Å². The van der Waals surface area contributed by atoms with Crippen molar-refractivity contribution < 1.29 is 4.79 Å². The van der Waals surface area contributed by atoms with Crippen LogP contribution in [0.4, 0.5) is 0 Å². The lowest BCUT2D eigenvalue weighted by atomic mass is 9.99. The fourth-order valence-corrected chi connectivity index (χ4v) is 2.50. The highest BCUT2D eigenvalue weighted by Gasteiger charge is 2.29. The zero-order chi connectivity index (χ0) is 10.7. The number of piperidine rings is 1. The average molecular weight is 211 g/mol. The van der Waals surface area contributed by atoms with Crippen molar-refractivity contribution in [3.8, 4) is 0 Å². The van der Waals surface area contributed by atoms with Crippen LogP contribution in [0.2, 0.25) is 0 Å². The van der Waals surface area contributed by atoms with Crippen molar-refractivity contribution in [1.29, 1.82) is 0 Å². The van der Waals surface area contributed by atoms with E-state index in [9.17, 15) is 4.79 Å². The average Bonchev–Trinajstić information content (AvgIpc) is 2.62. The van der Waals surface area contributed by atoms with Gasteiger partial charge < -0.3 is 5.32 Å². The van der Waals surface area contributed by atoms with E-state index in [-0.39, 0.29) is 0 Å². The third-order valence-electron chi connectivity index (χ3n) is 3.41. The van der Waals surface area contributed by atoms with Gasteiger partial charge in [0.15, 0.2) is 0 Å². The molecule has 0 aromatic heterocycles. The molecule has 0 spiro atoms. The molecular weight excluding hydrogens is 190 g/mol. The second-order valence-corrected chi connectivity index (χ2v) is 4.48. The van der Waals surface area contributed by atoms with Crippen molar-refractivity contribution in [3.05, 3.63) is 0 Å². The van der Waals surface area contributed by atoms with Crippen LogP contribution in [0, 0.1) is 5.92 Å². The maximum absolute atomic E-state index is 11.7. The highest BCUT2D eigenvalue weighted by atomic mass is 16.2. The molecule has 1 unspecified atom stereocenters. The van der Waals surface area contributed by atoms with Crippen LogP contribution < -0.4 is 5.32 Å². The molecule has 4 nitrogen and oxygen atoms in total. The van der Waals surface area contributed by atoms with Gasteiger partial charge in [0.2, 0.25) is 5.91 Å². The minimum Gasteiger partial charge on any atom is -0.316 e. The maximum atomic E-state index is 11.7. The van der Waals surface area contributed by atoms with Crippen molar-refractivity contribution in [2.24, 2.45) is 5.92 Å². The van der Waals surface area contributed by atoms with E-state index in [4.69, 9.17) is 0 Å². The van der Waals surface area contributed by atoms with Crippen molar-refractivity contribution in [2.45, 2.75) is 26.2 Å². The Labute approximate surface area is 91.6 Å². The molecular formula is C11H21N3O. The fourth-order valence-electron chi connectivity index (χ4n) is 2.50. The van der Waals surface area contributed by atoms with Gasteiger partial charge in [-0.25, -0.2) is 5.01 Å². The molecule has 2 aliphatic rings. The standard InChI is InChI=1S/C11H21N3O/c1-2-13-7-5-11(15)14(13)9-10-4-3-6-12-8-10/h10,12H,2-9H2,1H3. The van der Waals surface area contributed by atoms with E-state index < -0.39 is 0 Å². The zero-order valence-corrected chi connectivity index (χ0v) is 9.54. The lowest BCUT2D eigenvalue weighted by Crippen LogP contribution is -2.45. The van der Waals surface area contributed by atoms with E-state index in [0.29, 0.717) is 18.2 Å². The van der Waals surface area contributed by atoms with Gasteiger partial charge in [-0.15, -0.1) is 0 Å². The molecule has 86 valence electrons. The number of carbonyl (C=O) groups is 1. The van der Waals surface area contributed by atoms with Gasteiger partial charge in [0.1, 0.15) is 0 Å². The highest BCUT2D eigenvalue weighted by Crippen LogP contribution is 2.17. The molecule has 1 atom stereocenters. The Hall–Kier alpha value is -0.610. The van der Waals surface area contributed by atoms with Crippen LogP contribution in [0.5, 0.6) is 0 Å². The first kappa shape index (κ1) is 10.9. The van der Waals surface area contributed by atoms with Gasteiger partial charge in [-0.3, -0.25) is 9.80 Å². The van der Waals surface area contributed by atoms with E-state index in [1.54, 1.807) is 0 Å². The van der Waals surface area contributed by atoms with Gasteiger partial charge in [-0.1, -0.05) is 6.92 Å².